The predicted octanol–water partition coefficient (Wildman–Crippen LogP) is 8.75. The average Bonchev–Trinajstić information content (AvgIpc) is 3.22. The van der Waals surface area contributed by atoms with E-state index in [0.29, 0.717) is 16.8 Å². The first kappa shape index (κ1) is 18.1. The molecule has 0 saturated heterocycles. The van der Waals surface area contributed by atoms with E-state index in [1.807, 2.05) is 67.6 Å². The van der Waals surface area contributed by atoms with Crippen LogP contribution in [-0.2, 0) is 12.5 Å². The Morgan fingerprint density at radius 3 is 2.33 bits per heavy atom. The number of nitrogens with zero attached hydrogens (tertiary/aromatic N) is 2. The summed E-state index contributed by atoms with van der Waals surface area (Å²) in [5.74, 6) is -4.25. The van der Waals surface area contributed by atoms with Crippen LogP contribution in [0.5, 0.6) is 0 Å². The van der Waals surface area contributed by atoms with Crippen LogP contribution in [0.3, 0.4) is 0 Å². The van der Waals surface area contributed by atoms with Gasteiger partial charge < -0.3 is 0 Å². The zero-order valence-corrected chi connectivity index (χ0v) is 22.3. The van der Waals surface area contributed by atoms with Crippen molar-refractivity contribution in [1.29, 1.82) is 5.26 Å². The molecule has 0 unspecified atom stereocenters. The Morgan fingerprint density at radius 1 is 0.923 bits per heavy atom. The van der Waals surface area contributed by atoms with Gasteiger partial charge in [0.25, 0.3) is 0 Å². The molecule has 4 aromatic carbocycles. The molecule has 1 aliphatic carbocycles. The molecule has 0 fully saturated rings. The first-order valence-corrected chi connectivity index (χ1v) is 12.8. The Bertz CT molecular complexity index is 2110. The molecule has 0 bridgehead atoms. The number of benzene rings is 4. The lowest BCUT2D eigenvalue weighted by molar-refractivity contribution is -0.661. The number of aryl methyl sites for hydroxylation is 2. The average molecular weight is 519 g/mol. The van der Waals surface area contributed by atoms with Gasteiger partial charge in [-0.1, -0.05) is 82.1 Å². The highest BCUT2D eigenvalue weighted by molar-refractivity contribution is 5.96. The monoisotopic (exact) mass is 518 g/mol. The van der Waals surface area contributed by atoms with Crippen molar-refractivity contribution in [1.82, 2.24) is 0 Å². The summed E-state index contributed by atoms with van der Waals surface area (Å²) in [6, 6.07) is 25.5. The highest BCUT2D eigenvalue weighted by Crippen LogP contribution is 2.56. The maximum absolute atomic E-state index is 16.1. The van der Waals surface area contributed by atoms with Crippen LogP contribution in [-0.4, -0.2) is 0 Å². The number of halogens is 1. The summed E-state index contributed by atoms with van der Waals surface area (Å²) in [5, 5.41) is 12.4. The Labute approximate surface area is 239 Å². The van der Waals surface area contributed by atoms with Gasteiger partial charge in [0, 0.05) is 26.6 Å². The minimum atomic E-state index is -3.32. The lowest BCUT2D eigenvalue weighted by atomic mass is 9.75. The number of aromatic nitrogens is 1. The zero-order chi connectivity index (χ0) is 33.6. The molecule has 0 atom stereocenters. The van der Waals surface area contributed by atoms with Crippen LogP contribution in [0.4, 0.5) is 4.39 Å². The van der Waals surface area contributed by atoms with Crippen molar-refractivity contribution < 1.29 is 18.6 Å². The van der Waals surface area contributed by atoms with Gasteiger partial charge in [-0.3, -0.25) is 0 Å². The third-order valence-electron chi connectivity index (χ3n) is 8.07. The number of fused-ring (bicyclic) bond motifs is 4. The second-order valence-electron chi connectivity index (χ2n) is 10.8. The van der Waals surface area contributed by atoms with Crippen molar-refractivity contribution in [2.45, 2.75) is 45.8 Å². The van der Waals surface area contributed by atoms with E-state index in [-0.39, 0.29) is 0 Å². The van der Waals surface area contributed by atoms with Crippen molar-refractivity contribution in [3.8, 4) is 39.6 Å². The molecular formula is C36H32FN2+. The number of hydrogen-bond acceptors (Lipinski definition) is 1. The van der Waals surface area contributed by atoms with Crippen LogP contribution in [0.2, 0.25) is 0 Å². The Morgan fingerprint density at radius 2 is 1.62 bits per heavy atom. The second-order valence-corrected chi connectivity index (χ2v) is 10.8. The summed E-state index contributed by atoms with van der Waals surface area (Å²) in [5.41, 5.74) is 6.61. The first-order chi connectivity index (χ1) is 21.4. The lowest BCUT2D eigenvalue weighted by Gasteiger charge is -2.27. The van der Waals surface area contributed by atoms with Crippen molar-refractivity contribution in [2.75, 3.05) is 0 Å². The van der Waals surface area contributed by atoms with E-state index in [1.54, 1.807) is 7.05 Å². The molecule has 0 saturated carbocycles. The van der Waals surface area contributed by atoms with Crippen LogP contribution >= 0.6 is 0 Å². The molecule has 0 N–H and O–H groups in total. The Hall–Kier alpha value is -4.29. The van der Waals surface area contributed by atoms with E-state index in [1.165, 1.54) is 4.57 Å². The number of hydrogen-bond donors (Lipinski definition) is 0. The molecule has 0 spiro atoms. The maximum atomic E-state index is 16.1. The highest BCUT2D eigenvalue weighted by atomic mass is 19.1. The molecule has 6 rings (SSSR count). The molecular weight excluding hydrogens is 479 g/mol. The van der Waals surface area contributed by atoms with E-state index in [9.17, 15) is 5.26 Å². The first-order valence-electron chi connectivity index (χ1n) is 16.3. The van der Waals surface area contributed by atoms with Crippen LogP contribution < -0.4 is 4.57 Å². The molecule has 1 heterocycles. The quantitative estimate of drug-likeness (QED) is 0.219. The number of nitriles is 1. The summed E-state index contributed by atoms with van der Waals surface area (Å²) < 4.78 is 73.4. The van der Waals surface area contributed by atoms with Gasteiger partial charge in [0.1, 0.15) is 12.9 Å². The van der Waals surface area contributed by atoms with Gasteiger partial charge in [0.05, 0.1) is 22.8 Å². The van der Waals surface area contributed by atoms with Gasteiger partial charge in [-0.2, -0.15) is 5.26 Å². The second kappa shape index (κ2) is 8.89. The fourth-order valence-electron chi connectivity index (χ4n) is 6.31. The molecule has 1 aliphatic rings. The van der Waals surface area contributed by atoms with E-state index in [4.69, 9.17) is 9.60 Å². The normalized spacial score (nSPS) is 17.0. The molecule has 3 heteroatoms. The van der Waals surface area contributed by atoms with E-state index < -0.39 is 36.4 Å². The lowest BCUT2D eigenvalue weighted by Crippen LogP contribution is -2.33. The summed E-state index contributed by atoms with van der Waals surface area (Å²) in [6.45, 7) is -0.577. The third-order valence-corrected chi connectivity index (χ3v) is 8.07. The van der Waals surface area contributed by atoms with Crippen molar-refractivity contribution in [3.63, 3.8) is 0 Å². The maximum Gasteiger partial charge on any atom is 0.215 e. The fraction of sp³-hybridized carbons (Fsp3) is 0.222. The van der Waals surface area contributed by atoms with E-state index >= 15 is 4.39 Å². The summed E-state index contributed by atoms with van der Waals surface area (Å²) in [7, 11) is 1.60. The van der Waals surface area contributed by atoms with Crippen LogP contribution in [0, 0.1) is 24.1 Å². The molecule has 0 radical (unpaired) electrons. The van der Waals surface area contributed by atoms with Gasteiger partial charge in [-0.15, -0.1) is 0 Å². The Balaban J connectivity index is 1.61. The molecule has 0 amide bonds. The molecule has 5 aromatic rings. The Kier molecular flexibility index (Phi) is 4.12. The standard InChI is InChI=1S/C36H32FN2/c1-21(2)29-20-39(6)31(18-30(29)37)32-22(3)11-15-27-28-16-14-26(19-38)33(35(28)36(4,5)34(27)32)25-13-12-23-9-7-8-10-24(23)17-25/h7-18,20-21H,1-6H3/q+1/i1D3,2D3,21D. The SMILES string of the molecule is [2H]C([2H])([2H])C([2H])(c1c[n+](C)c(-c2c(C)ccc3c2C(C)(C)c2c-3ccc(C#N)c2-c2ccc3ccccc3c2)cc1F)C([2H])([2H])[2H]. The highest BCUT2D eigenvalue weighted by Gasteiger charge is 2.42. The van der Waals surface area contributed by atoms with Gasteiger partial charge in [0.15, 0.2) is 6.20 Å². The molecule has 1 aromatic heterocycles. The van der Waals surface area contributed by atoms with Gasteiger partial charge in [0.2, 0.25) is 5.69 Å². The topological polar surface area (TPSA) is 27.7 Å². The summed E-state index contributed by atoms with van der Waals surface area (Å²) in [4.78, 5) is 0. The minimum Gasteiger partial charge on any atom is -0.206 e. The predicted molar refractivity (Wildman–Crippen MR) is 157 cm³/mol. The van der Waals surface area contributed by atoms with Crippen molar-refractivity contribution >= 4 is 10.8 Å². The van der Waals surface area contributed by atoms with Crippen LogP contribution in [0.25, 0.3) is 44.3 Å². The summed E-state index contributed by atoms with van der Waals surface area (Å²) in [6.07, 6.45) is 1.12. The fourth-order valence-corrected chi connectivity index (χ4v) is 6.31. The largest absolute Gasteiger partial charge is 0.215 e. The van der Waals surface area contributed by atoms with E-state index in [0.717, 1.165) is 62.0 Å². The molecule has 192 valence electrons. The zero-order valence-electron chi connectivity index (χ0n) is 29.3. The van der Waals surface area contributed by atoms with Crippen LogP contribution in [0.1, 0.15) is 70.9 Å². The van der Waals surface area contributed by atoms with Crippen molar-refractivity contribution in [3.05, 3.63) is 113 Å². The van der Waals surface area contributed by atoms with E-state index in [2.05, 4.69) is 26.0 Å². The molecule has 2 nitrogen and oxygen atoms in total. The minimum absolute atomic E-state index is 0.405. The van der Waals surface area contributed by atoms with Gasteiger partial charge in [-0.25, -0.2) is 8.96 Å². The molecule has 0 aliphatic heterocycles. The number of rotatable bonds is 3. The van der Waals surface area contributed by atoms with Gasteiger partial charge in [-0.05, 0) is 69.1 Å². The molecule has 39 heavy (non-hydrogen) atoms. The summed E-state index contributed by atoms with van der Waals surface area (Å²) >= 11 is 0. The number of pyridine rings is 1. The smallest absolute Gasteiger partial charge is 0.206 e. The van der Waals surface area contributed by atoms with Gasteiger partial charge >= 0.3 is 0 Å². The van der Waals surface area contributed by atoms with Crippen LogP contribution in [0.15, 0.2) is 79.0 Å². The third kappa shape index (κ3) is 3.70. The van der Waals surface area contributed by atoms with Crippen molar-refractivity contribution in [2.24, 2.45) is 7.05 Å².